The van der Waals surface area contributed by atoms with Gasteiger partial charge in [-0.3, -0.25) is 0 Å². The van der Waals surface area contributed by atoms with Gasteiger partial charge in [0.25, 0.3) is 0 Å². The van der Waals surface area contributed by atoms with Crippen molar-refractivity contribution >= 4 is 5.69 Å². The van der Waals surface area contributed by atoms with Crippen LogP contribution in [0.1, 0.15) is 16.8 Å². The van der Waals surface area contributed by atoms with Gasteiger partial charge in [-0.1, -0.05) is 35.9 Å². The molecule has 0 aliphatic heterocycles. The Morgan fingerprint density at radius 2 is 1.67 bits per heavy atom. The maximum atomic E-state index is 4.58. The second-order valence-electron chi connectivity index (χ2n) is 5.24. The third kappa shape index (κ3) is 3.14. The Morgan fingerprint density at radius 3 is 2.38 bits per heavy atom. The third-order valence-corrected chi connectivity index (χ3v) is 3.56. The Bertz CT molecular complexity index is 712. The van der Waals surface area contributed by atoms with Gasteiger partial charge in [0, 0.05) is 24.0 Å². The van der Waals surface area contributed by atoms with E-state index in [1.54, 1.807) is 0 Å². The molecule has 0 saturated carbocycles. The molecule has 1 heterocycles. The van der Waals surface area contributed by atoms with Gasteiger partial charge >= 0.3 is 0 Å². The molecule has 3 nitrogen and oxygen atoms in total. The Morgan fingerprint density at radius 1 is 0.952 bits per heavy atom. The highest BCUT2D eigenvalue weighted by atomic mass is 15.3. The van der Waals surface area contributed by atoms with Crippen LogP contribution in [0.5, 0.6) is 0 Å². The fourth-order valence-corrected chi connectivity index (χ4v) is 2.25. The molecule has 0 aliphatic carbocycles. The van der Waals surface area contributed by atoms with Crippen molar-refractivity contribution in [2.24, 2.45) is 0 Å². The molecular formula is C18H19N3. The van der Waals surface area contributed by atoms with Gasteiger partial charge < -0.3 is 5.32 Å². The number of benzene rings is 2. The monoisotopic (exact) mass is 277 g/mol. The van der Waals surface area contributed by atoms with E-state index in [1.165, 1.54) is 11.1 Å². The van der Waals surface area contributed by atoms with Crippen molar-refractivity contribution in [3.63, 3.8) is 0 Å². The molecular weight excluding hydrogens is 258 g/mol. The van der Waals surface area contributed by atoms with Crippen molar-refractivity contribution < 1.29 is 0 Å². The zero-order valence-corrected chi connectivity index (χ0v) is 12.4. The van der Waals surface area contributed by atoms with Gasteiger partial charge in [0.05, 0.1) is 11.4 Å². The summed E-state index contributed by atoms with van der Waals surface area (Å²) in [6.45, 7) is 4.92. The van der Waals surface area contributed by atoms with Crippen molar-refractivity contribution in [2.75, 3.05) is 5.32 Å². The first-order valence-corrected chi connectivity index (χ1v) is 7.13. The van der Waals surface area contributed by atoms with E-state index >= 15 is 0 Å². The number of anilines is 1. The average molecular weight is 277 g/mol. The summed E-state index contributed by atoms with van der Waals surface area (Å²) >= 11 is 0. The maximum Gasteiger partial charge on any atom is 0.0647 e. The number of aryl methyl sites for hydroxylation is 2. The molecule has 1 aromatic heterocycles. The highest BCUT2D eigenvalue weighted by Gasteiger charge is 2.06. The fraction of sp³-hybridized carbons (Fsp3) is 0.167. The lowest BCUT2D eigenvalue weighted by atomic mass is 10.2. The Hall–Kier alpha value is -2.55. The molecule has 0 fully saturated rings. The standard InChI is InChI=1S/C18H19N3/c1-14-8-10-17(11-9-14)19-12-16-13-21(20-15(16)2)18-6-4-3-5-7-18/h3-11,13,19H,12H2,1-2H3. The lowest BCUT2D eigenvalue weighted by molar-refractivity contribution is 0.863. The van der Waals surface area contributed by atoms with E-state index in [1.807, 2.05) is 29.8 Å². The summed E-state index contributed by atoms with van der Waals surface area (Å²) in [6.07, 6.45) is 2.09. The van der Waals surface area contributed by atoms with Crippen LogP contribution in [0.2, 0.25) is 0 Å². The minimum Gasteiger partial charge on any atom is -0.381 e. The number of hydrogen-bond acceptors (Lipinski definition) is 2. The minimum absolute atomic E-state index is 0.779. The number of nitrogens with zero attached hydrogens (tertiary/aromatic N) is 2. The molecule has 0 radical (unpaired) electrons. The smallest absolute Gasteiger partial charge is 0.0647 e. The largest absolute Gasteiger partial charge is 0.381 e. The SMILES string of the molecule is Cc1ccc(NCc2cn(-c3ccccc3)nc2C)cc1. The predicted octanol–water partition coefficient (Wildman–Crippen LogP) is 4.10. The first-order chi connectivity index (χ1) is 10.2. The maximum absolute atomic E-state index is 4.58. The highest BCUT2D eigenvalue weighted by Crippen LogP contribution is 2.14. The Kier molecular flexibility index (Phi) is 3.73. The van der Waals surface area contributed by atoms with Crippen LogP contribution in [0.3, 0.4) is 0 Å². The second kappa shape index (κ2) is 5.83. The molecule has 2 aromatic carbocycles. The molecule has 106 valence electrons. The molecule has 0 spiro atoms. The first-order valence-electron chi connectivity index (χ1n) is 7.13. The summed E-state index contributed by atoms with van der Waals surface area (Å²) < 4.78 is 1.93. The quantitative estimate of drug-likeness (QED) is 0.778. The van der Waals surface area contributed by atoms with Crippen LogP contribution < -0.4 is 5.32 Å². The molecule has 3 aromatic rings. The first kappa shape index (κ1) is 13.4. The van der Waals surface area contributed by atoms with Crippen molar-refractivity contribution in [1.29, 1.82) is 0 Å². The molecule has 0 atom stereocenters. The second-order valence-corrected chi connectivity index (χ2v) is 5.24. The molecule has 3 heteroatoms. The van der Waals surface area contributed by atoms with E-state index in [4.69, 9.17) is 0 Å². The molecule has 0 amide bonds. The summed E-state index contributed by atoms with van der Waals surface area (Å²) in [4.78, 5) is 0. The minimum atomic E-state index is 0.779. The van der Waals surface area contributed by atoms with Gasteiger partial charge in [0.15, 0.2) is 0 Å². The topological polar surface area (TPSA) is 29.9 Å². The highest BCUT2D eigenvalue weighted by molar-refractivity contribution is 5.45. The summed E-state index contributed by atoms with van der Waals surface area (Å²) in [6, 6.07) is 18.6. The van der Waals surface area contributed by atoms with E-state index in [2.05, 4.69) is 59.9 Å². The van der Waals surface area contributed by atoms with E-state index in [0.717, 1.165) is 23.6 Å². The van der Waals surface area contributed by atoms with Crippen LogP contribution in [0, 0.1) is 13.8 Å². The van der Waals surface area contributed by atoms with Gasteiger partial charge in [-0.05, 0) is 38.1 Å². The van der Waals surface area contributed by atoms with Crippen LogP contribution in [-0.2, 0) is 6.54 Å². The fourth-order valence-electron chi connectivity index (χ4n) is 2.25. The van der Waals surface area contributed by atoms with Crippen LogP contribution in [-0.4, -0.2) is 9.78 Å². The van der Waals surface area contributed by atoms with Crippen LogP contribution >= 0.6 is 0 Å². The van der Waals surface area contributed by atoms with E-state index in [-0.39, 0.29) is 0 Å². The normalized spacial score (nSPS) is 10.6. The lowest BCUT2D eigenvalue weighted by Gasteiger charge is -2.05. The molecule has 1 N–H and O–H groups in total. The summed E-state index contributed by atoms with van der Waals surface area (Å²) in [5, 5.41) is 8.02. The van der Waals surface area contributed by atoms with E-state index in [9.17, 15) is 0 Å². The van der Waals surface area contributed by atoms with E-state index < -0.39 is 0 Å². The molecule has 0 bridgehead atoms. The summed E-state index contributed by atoms with van der Waals surface area (Å²) in [5.41, 5.74) is 5.75. The van der Waals surface area contributed by atoms with Crippen LogP contribution in [0.4, 0.5) is 5.69 Å². The third-order valence-electron chi connectivity index (χ3n) is 3.56. The Balaban J connectivity index is 1.74. The van der Waals surface area contributed by atoms with Crippen LogP contribution in [0.15, 0.2) is 60.8 Å². The van der Waals surface area contributed by atoms with Crippen molar-refractivity contribution in [3.05, 3.63) is 77.6 Å². The molecule has 21 heavy (non-hydrogen) atoms. The molecule has 0 aliphatic rings. The van der Waals surface area contributed by atoms with Gasteiger partial charge in [0.2, 0.25) is 0 Å². The number of para-hydroxylation sites is 1. The lowest BCUT2D eigenvalue weighted by Crippen LogP contribution is -1.99. The number of rotatable bonds is 4. The molecule has 0 unspecified atom stereocenters. The molecule has 3 rings (SSSR count). The number of hydrogen-bond donors (Lipinski definition) is 1. The van der Waals surface area contributed by atoms with Crippen molar-refractivity contribution in [1.82, 2.24) is 9.78 Å². The zero-order valence-electron chi connectivity index (χ0n) is 12.4. The number of aromatic nitrogens is 2. The van der Waals surface area contributed by atoms with Gasteiger partial charge in [0.1, 0.15) is 0 Å². The Labute approximate surface area is 125 Å². The van der Waals surface area contributed by atoms with Gasteiger partial charge in [-0.2, -0.15) is 5.10 Å². The predicted molar refractivity (Wildman–Crippen MR) is 86.8 cm³/mol. The van der Waals surface area contributed by atoms with Gasteiger partial charge in [-0.25, -0.2) is 4.68 Å². The van der Waals surface area contributed by atoms with Gasteiger partial charge in [-0.15, -0.1) is 0 Å². The van der Waals surface area contributed by atoms with E-state index in [0.29, 0.717) is 0 Å². The zero-order chi connectivity index (χ0) is 14.7. The van der Waals surface area contributed by atoms with Crippen LogP contribution in [0.25, 0.3) is 5.69 Å². The average Bonchev–Trinajstić information content (AvgIpc) is 2.89. The molecule has 0 saturated heterocycles. The summed E-state index contributed by atoms with van der Waals surface area (Å²) in [5.74, 6) is 0. The number of nitrogens with one attached hydrogen (secondary N) is 1. The van der Waals surface area contributed by atoms with Crippen molar-refractivity contribution in [3.8, 4) is 5.69 Å². The van der Waals surface area contributed by atoms with Crippen molar-refractivity contribution in [2.45, 2.75) is 20.4 Å². The summed E-state index contributed by atoms with van der Waals surface area (Å²) in [7, 11) is 0.